The first-order valence-electron chi connectivity index (χ1n) is 5.82. The molecule has 0 fully saturated rings. The van der Waals surface area contributed by atoms with Gasteiger partial charge in [0.1, 0.15) is 0 Å². The van der Waals surface area contributed by atoms with Crippen LogP contribution in [0.3, 0.4) is 0 Å². The third-order valence-electron chi connectivity index (χ3n) is 2.84. The third-order valence-corrected chi connectivity index (χ3v) is 3.34. The maximum absolute atomic E-state index is 11.5. The van der Waals surface area contributed by atoms with E-state index >= 15 is 0 Å². The van der Waals surface area contributed by atoms with Crippen LogP contribution in [-0.2, 0) is 4.79 Å². The van der Waals surface area contributed by atoms with Crippen LogP contribution in [0, 0.1) is 5.92 Å². The lowest BCUT2D eigenvalue weighted by molar-refractivity contribution is -0.123. The van der Waals surface area contributed by atoms with E-state index in [1.54, 1.807) is 44.1 Å². The summed E-state index contributed by atoms with van der Waals surface area (Å²) in [6.07, 6.45) is 0. The number of carboxylic acids is 1. The highest BCUT2D eigenvalue weighted by molar-refractivity contribution is 9.10. The van der Waals surface area contributed by atoms with Crippen molar-refractivity contribution in [3.8, 4) is 0 Å². The highest BCUT2D eigenvalue weighted by Crippen LogP contribution is 2.24. The number of halogens is 1. The van der Waals surface area contributed by atoms with E-state index in [0.29, 0.717) is 16.7 Å². The number of hydrogen-bond acceptors (Lipinski definition) is 3. The second-order valence-corrected chi connectivity index (χ2v) is 5.28. The zero-order chi connectivity index (χ0) is 14.6. The maximum atomic E-state index is 11.5. The van der Waals surface area contributed by atoms with Gasteiger partial charge in [-0.2, -0.15) is 0 Å². The molecular weight excluding hydrogens is 312 g/mol. The standard InChI is InChI=1S/C13H17BrN2O3/c1-8(12(17)15-2)7-16(3)11-5-4-9(14)6-10(11)13(18)19/h4-6,8H,7H2,1-3H3,(H,15,17)(H,18,19). The second kappa shape index (κ2) is 6.56. The zero-order valence-corrected chi connectivity index (χ0v) is 12.7. The van der Waals surface area contributed by atoms with Crippen LogP contribution in [0.15, 0.2) is 22.7 Å². The van der Waals surface area contributed by atoms with E-state index in [1.807, 2.05) is 0 Å². The minimum atomic E-state index is -0.990. The highest BCUT2D eigenvalue weighted by Gasteiger charge is 2.18. The molecule has 5 nitrogen and oxygen atoms in total. The molecule has 104 valence electrons. The minimum absolute atomic E-state index is 0.0687. The van der Waals surface area contributed by atoms with Crippen molar-refractivity contribution in [2.75, 3.05) is 25.5 Å². The molecule has 0 bridgehead atoms. The fourth-order valence-corrected chi connectivity index (χ4v) is 2.21. The number of aromatic carboxylic acids is 1. The van der Waals surface area contributed by atoms with Gasteiger partial charge in [-0.1, -0.05) is 22.9 Å². The third kappa shape index (κ3) is 3.96. The molecule has 19 heavy (non-hydrogen) atoms. The summed E-state index contributed by atoms with van der Waals surface area (Å²) in [5.74, 6) is -1.28. The van der Waals surface area contributed by atoms with Gasteiger partial charge >= 0.3 is 5.97 Å². The largest absolute Gasteiger partial charge is 0.478 e. The van der Waals surface area contributed by atoms with Gasteiger partial charge < -0.3 is 15.3 Å². The quantitative estimate of drug-likeness (QED) is 0.866. The predicted octanol–water partition coefficient (Wildman–Crippen LogP) is 1.97. The Balaban J connectivity index is 2.96. The molecule has 6 heteroatoms. The summed E-state index contributed by atoms with van der Waals surface area (Å²) in [6.45, 7) is 2.25. The van der Waals surface area contributed by atoms with E-state index in [4.69, 9.17) is 0 Å². The van der Waals surface area contributed by atoms with Crippen molar-refractivity contribution in [3.05, 3.63) is 28.2 Å². The molecule has 0 aliphatic rings. The summed E-state index contributed by atoms with van der Waals surface area (Å²) in [7, 11) is 3.36. The van der Waals surface area contributed by atoms with Crippen LogP contribution in [0.25, 0.3) is 0 Å². The first-order valence-corrected chi connectivity index (χ1v) is 6.61. The molecule has 1 rings (SSSR count). The molecule has 1 unspecified atom stereocenters. The Morgan fingerprint density at radius 1 is 1.47 bits per heavy atom. The van der Waals surface area contributed by atoms with Crippen molar-refractivity contribution in [2.45, 2.75) is 6.92 Å². The lowest BCUT2D eigenvalue weighted by Crippen LogP contribution is -2.34. The van der Waals surface area contributed by atoms with Crippen LogP contribution in [0.2, 0.25) is 0 Å². The van der Waals surface area contributed by atoms with E-state index in [2.05, 4.69) is 21.2 Å². The van der Waals surface area contributed by atoms with Gasteiger partial charge in [-0.05, 0) is 18.2 Å². The van der Waals surface area contributed by atoms with Gasteiger partial charge in [0.15, 0.2) is 0 Å². The van der Waals surface area contributed by atoms with Crippen LogP contribution >= 0.6 is 15.9 Å². The van der Waals surface area contributed by atoms with Gasteiger partial charge in [-0.25, -0.2) is 4.79 Å². The maximum Gasteiger partial charge on any atom is 0.337 e. The zero-order valence-electron chi connectivity index (χ0n) is 11.1. The molecule has 1 aromatic carbocycles. The van der Waals surface area contributed by atoms with Crippen LogP contribution in [0.5, 0.6) is 0 Å². The van der Waals surface area contributed by atoms with E-state index in [9.17, 15) is 14.7 Å². The molecule has 1 aromatic rings. The van der Waals surface area contributed by atoms with E-state index in [1.165, 1.54) is 0 Å². The summed E-state index contributed by atoms with van der Waals surface area (Å²) >= 11 is 3.25. The van der Waals surface area contributed by atoms with Crippen molar-refractivity contribution in [1.82, 2.24) is 5.32 Å². The Morgan fingerprint density at radius 3 is 2.63 bits per heavy atom. The molecule has 0 aliphatic carbocycles. The lowest BCUT2D eigenvalue weighted by Gasteiger charge is -2.24. The van der Waals surface area contributed by atoms with E-state index in [-0.39, 0.29) is 17.4 Å². The number of carbonyl (C=O) groups excluding carboxylic acids is 1. The molecule has 0 saturated carbocycles. The first-order chi connectivity index (χ1) is 8.86. The van der Waals surface area contributed by atoms with Gasteiger partial charge in [-0.15, -0.1) is 0 Å². The first kappa shape index (κ1) is 15.5. The number of rotatable bonds is 5. The van der Waals surface area contributed by atoms with E-state index in [0.717, 1.165) is 0 Å². The Hall–Kier alpha value is -1.56. The summed E-state index contributed by atoms with van der Waals surface area (Å²) in [6, 6.07) is 5.06. The summed E-state index contributed by atoms with van der Waals surface area (Å²) in [5, 5.41) is 11.8. The highest BCUT2D eigenvalue weighted by atomic mass is 79.9. The molecule has 0 spiro atoms. The normalized spacial score (nSPS) is 11.8. The van der Waals surface area contributed by atoms with Gasteiger partial charge in [0.2, 0.25) is 5.91 Å². The lowest BCUT2D eigenvalue weighted by atomic mass is 10.1. The summed E-state index contributed by atoms with van der Waals surface area (Å²) < 4.78 is 0.710. The summed E-state index contributed by atoms with van der Waals surface area (Å²) in [4.78, 5) is 24.5. The van der Waals surface area contributed by atoms with Crippen molar-refractivity contribution in [2.24, 2.45) is 5.92 Å². The predicted molar refractivity (Wildman–Crippen MR) is 77.6 cm³/mol. The number of benzene rings is 1. The average molecular weight is 329 g/mol. The molecule has 1 amide bonds. The number of anilines is 1. The molecule has 1 atom stereocenters. The topological polar surface area (TPSA) is 69.6 Å². The van der Waals surface area contributed by atoms with Gasteiger partial charge in [0.05, 0.1) is 17.2 Å². The Morgan fingerprint density at radius 2 is 2.11 bits per heavy atom. The fourth-order valence-electron chi connectivity index (χ4n) is 1.85. The van der Waals surface area contributed by atoms with Crippen molar-refractivity contribution in [3.63, 3.8) is 0 Å². The number of nitrogens with zero attached hydrogens (tertiary/aromatic N) is 1. The molecule has 0 heterocycles. The van der Waals surface area contributed by atoms with Crippen molar-refractivity contribution in [1.29, 1.82) is 0 Å². The van der Waals surface area contributed by atoms with Gasteiger partial charge in [0, 0.05) is 25.1 Å². The molecule has 0 saturated heterocycles. The van der Waals surface area contributed by atoms with Crippen LogP contribution < -0.4 is 10.2 Å². The monoisotopic (exact) mass is 328 g/mol. The number of carbonyl (C=O) groups is 2. The second-order valence-electron chi connectivity index (χ2n) is 4.36. The number of nitrogens with one attached hydrogen (secondary N) is 1. The number of amides is 1. The van der Waals surface area contributed by atoms with Crippen molar-refractivity contribution < 1.29 is 14.7 Å². The number of hydrogen-bond donors (Lipinski definition) is 2. The van der Waals surface area contributed by atoms with Crippen LogP contribution in [0.4, 0.5) is 5.69 Å². The van der Waals surface area contributed by atoms with Crippen LogP contribution in [-0.4, -0.2) is 37.6 Å². The Bertz CT molecular complexity index is 491. The fraction of sp³-hybridized carbons (Fsp3) is 0.385. The summed E-state index contributed by atoms with van der Waals surface area (Å²) in [5.41, 5.74) is 0.799. The average Bonchev–Trinajstić information content (AvgIpc) is 2.37. The smallest absolute Gasteiger partial charge is 0.337 e. The molecule has 0 radical (unpaired) electrons. The molecular formula is C13H17BrN2O3. The van der Waals surface area contributed by atoms with Gasteiger partial charge in [0.25, 0.3) is 0 Å². The molecule has 0 aliphatic heterocycles. The van der Waals surface area contributed by atoms with Crippen LogP contribution in [0.1, 0.15) is 17.3 Å². The van der Waals surface area contributed by atoms with Gasteiger partial charge in [-0.3, -0.25) is 4.79 Å². The number of carboxylic acid groups (broad SMARTS) is 1. The van der Waals surface area contributed by atoms with E-state index < -0.39 is 5.97 Å². The Labute approximate surface area is 120 Å². The SMILES string of the molecule is CNC(=O)C(C)CN(C)c1ccc(Br)cc1C(=O)O. The minimum Gasteiger partial charge on any atom is -0.478 e. The Kier molecular flexibility index (Phi) is 5.35. The molecule has 2 N–H and O–H groups in total. The molecule has 0 aromatic heterocycles. The van der Waals surface area contributed by atoms with Crippen molar-refractivity contribution >= 4 is 33.5 Å².